The van der Waals surface area contributed by atoms with Crippen molar-refractivity contribution in [3.8, 4) is 0 Å². The van der Waals surface area contributed by atoms with Crippen LogP contribution in [-0.2, 0) is 9.47 Å². The highest BCUT2D eigenvalue weighted by Crippen LogP contribution is 2.30. The summed E-state index contributed by atoms with van der Waals surface area (Å²) in [6, 6.07) is 0.483. The first-order chi connectivity index (χ1) is 8.29. The quantitative estimate of drug-likeness (QED) is 0.711. The van der Waals surface area contributed by atoms with Gasteiger partial charge in [0.1, 0.15) is 0 Å². The molecule has 1 aliphatic heterocycles. The van der Waals surface area contributed by atoms with Crippen molar-refractivity contribution >= 4 is 0 Å². The van der Waals surface area contributed by atoms with Crippen LogP contribution in [0.1, 0.15) is 52.4 Å². The summed E-state index contributed by atoms with van der Waals surface area (Å²) in [4.78, 5) is 0. The molecular formula is C14H29NO2. The molecule has 1 rings (SSSR count). The number of hydrogen-bond donors (Lipinski definition) is 1. The minimum absolute atomic E-state index is 0.00257. The van der Waals surface area contributed by atoms with Crippen LogP contribution in [0, 0.1) is 0 Å². The van der Waals surface area contributed by atoms with Crippen LogP contribution in [0.5, 0.6) is 0 Å². The molecule has 0 aromatic carbocycles. The molecule has 1 unspecified atom stereocenters. The van der Waals surface area contributed by atoms with Crippen molar-refractivity contribution in [2.45, 2.75) is 64.0 Å². The first-order valence-electron chi connectivity index (χ1n) is 7.15. The maximum absolute atomic E-state index is 5.89. The van der Waals surface area contributed by atoms with Gasteiger partial charge in [-0.1, -0.05) is 26.7 Å². The van der Waals surface area contributed by atoms with Gasteiger partial charge in [0.2, 0.25) is 0 Å². The second kappa shape index (κ2) is 8.06. The van der Waals surface area contributed by atoms with Crippen molar-refractivity contribution in [3.05, 3.63) is 0 Å². The van der Waals surface area contributed by atoms with Crippen LogP contribution in [0.2, 0.25) is 0 Å². The summed E-state index contributed by atoms with van der Waals surface area (Å²) >= 11 is 0. The van der Waals surface area contributed by atoms with E-state index in [1.165, 1.54) is 25.7 Å². The van der Waals surface area contributed by atoms with E-state index in [0.29, 0.717) is 6.04 Å². The van der Waals surface area contributed by atoms with E-state index in [2.05, 4.69) is 19.2 Å². The molecule has 1 heterocycles. The predicted molar refractivity (Wildman–Crippen MR) is 71.4 cm³/mol. The number of ether oxygens (including phenoxy) is 2. The van der Waals surface area contributed by atoms with Crippen molar-refractivity contribution in [2.75, 3.05) is 26.9 Å². The standard InChI is InChI=1S/C14H29NO2/c1-4-6-7-13(15-10-5-2)14(16-3)8-11-17-12-9-14/h13,15H,4-12H2,1-3H3. The van der Waals surface area contributed by atoms with Gasteiger partial charge in [-0.25, -0.2) is 0 Å². The lowest BCUT2D eigenvalue weighted by Crippen LogP contribution is -2.55. The normalized spacial score (nSPS) is 21.4. The van der Waals surface area contributed by atoms with Crippen molar-refractivity contribution < 1.29 is 9.47 Å². The third kappa shape index (κ3) is 4.23. The van der Waals surface area contributed by atoms with E-state index in [1.54, 1.807) is 0 Å². The molecule has 0 aromatic heterocycles. The van der Waals surface area contributed by atoms with Crippen LogP contribution >= 0.6 is 0 Å². The zero-order chi connectivity index (χ0) is 12.6. The van der Waals surface area contributed by atoms with Gasteiger partial charge in [-0.05, 0) is 19.4 Å². The molecule has 0 spiro atoms. The molecule has 0 amide bonds. The van der Waals surface area contributed by atoms with E-state index < -0.39 is 0 Å². The smallest absolute Gasteiger partial charge is 0.0874 e. The largest absolute Gasteiger partial charge is 0.381 e. The van der Waals surface area contributed by atoms with Crippen molar-refractivity contribution in [3.63, 3.8) is 0 Å². The Morgan fingerprint density at radius 3 is 2.47 bits per heavy atom. The summed E-state index contributed by atoms with van der Waals surface area (Å²) < 4.78 is 11.4. The molecule has 17 heavy (non-hydrogen) atoms. The fraction of sp³-hybridized carbons (Fsp3) is 1.00. The number of nitrogens with one attached hydrogen (secondary N) is 1. The zero-order valence-corrected chi connectivity index (χ0v) is 11.8. The maximum Gasteiger partial charge on any atom is 0.0874 e. The summed E-state index contributed by atoms with van der Waals surface area (Å²) in [5, 5.41) is 3.69. The van der Waals surface area contributed by atoms with Crippen molar-refractivity contribution in [1.82, 2.24) is 5.32 Å². The van der Waals surface area contributed by atoms with E-state index in [0.717, 1.165) is 32.6 Å². The average molecular weight is 243 g/mol. The summed E-state index contributed by atoms with van der Waals surface area (Å²) in [6.07, 6.45) is 6.96. The summed E-state index contributed by atoms with van der Waals surface area (Å²) in [5.74, 6) is 0. The van der Waals surface area contributed by atoms with Crippen LogP contribution in [0.25, 0.3) is 0 Å². The lowest BCUT2D eigenvalue weighted by Gasteiger charge is -2.43. The Labute approximate surface area is 106 Å². The molecular weight excluding hydrogens is 214 g/mol. The third-order valence-electron chi connectivity index (χ3n) is 3.87. The summed E-state index contributed by atoms with van der Waals surface area (Å²) in [6.45, 7) is 7.22. The summed E-state index contributed by atoms with van der Waals surface area (Å²) in [7, 11) is 1.86. The van der Waals surface area contributed by atoms with Crippen LogP contribution in [-0.4, -0.2) is 38.5 Å². The first kappa shape index (κ1) is 14.9. The number of hydrogen-bond acceptors (Lipinski definition) is 3. The fourth-order valence-electron chi connectivity index (χ4n) is 2.69. The van der Waals surface area contributed by atoms with E-state index in [9.17, 15) is 0 Å². The zero-order valence-electron chi connectivity index (χ0n) is 11.8. The molecule has 0 radical (unpaired) electrons. The molecule has 3 nitrogen and oxygen atoms in total. The third-order valence-corrected chi connectivity index (χ3v) is 3.87. The van der Waals surface area contributed by atoms with Gasteiger partial charge in [0.25, 0.3) is 0 Å². The highest BCUT2D eigenvalue weighted by molar-refractivity contribution is 4.94. The van der Waals surface area contributed by atoms with E-state index in [4.69, 9.17) is 9.47 Å². The highest BCUT2D eigenvalue weighted by atomic mass is 16.5. The molecule has 102 valence electrons. The lowest BCUT2D eigenvalue weighted by atomic mass is 9.83. The van der Waals surface area contributed by atoms with Gasteiger partial charge >= 0.3 is 0 Å². The minimum atomic E-state index is 0.00257. The van der Waals surface area contributed by atoms with Gasteiger partial charge in [0.15, 0.2) is 0 Å². The molecule has 1 atom stereocenters. The molecule has 0 bridgehead atoms. The molecule has 1 aliphatic rings. The van der Waals surface area contributed by atoms with Gasteiger partial charge < -0.3 is 14.8 Å². The lowest BCUT2D eigenvalue weighted by molar-refractivity contribution is -0.111. The van der Waals surface area contributed by atoms with E-state index >= 15 is 0 Å². The van der Waals surface area contributed by atoms with Gasteiger partial charge in [0, 0.05) is 39.2 Å². The second-order valence-electron chi connectivity index (χ2n) is 5.03. The van der Waals surface area contributed by atoms with Crippen LogP contribution in [0.4, 0.5) is 0 Å². The number of methoxy groups -OCH3 is 1. The van der Waals surface area contributed by atoms with E-state index in [1.807, 2.05) is 7.11 Å². The Morgan fingerprint density at radius 2 is 1.94 bits per heavy atom. The highest BCUT2D eigenvalue weighted by Gasteiger charge is 2.39. The Balaban J connectivity index is 2.61. The predicted octanol–water partition coefficient (Wildman–Crippen LogP) is 2.74. The van der Waals surface area contributed by atoms with E-state index in [-0.39, 0.29) is 5.60 Å². The molecule has 1 fully saturated rings. The molecule has 0 saturated carbocycles. The van der Waals surface area contributed by atoms with Gasteiger partial charge in [-0.2, -0.15) is 0 Å². The van der Waals surface area contributed by atoms with Crippen LogP contribution in [0.15, 0.2) is 0 Å². The first-order valence-corrected chi connectivity index (χ1v) is 7.15. The summed E-state index contributed by atoms with van der Waals surface area (Å²) in [5.41, 5.74) is 0.00257. The fourth-order valence-corrected chi connectivity index (χ4v) is 2.69. The molecule has 1 saturated heterocycles. The SMILES string of the molecule is CCCCC(NCCC)C1(OC)CCOCC1. The monoisotopic (exact) mass is 243 g/mol. The van der Waals surface area contributed by atoms with Gasteiger partial charge in [-0.3, -0.25) is 0 Å². The Morgan fingerprint density at radius 1 is 1.24 bits per heavy atom. The van der Waals surface area contributed by atoms with Crippen molar-refractivity contribution in [1.29, 1.82) is 0 Å². The topological polar surface area (TPSA) is 30.5 Å². The minimum Gasteiger partial charge on any atom is -0.381 e. The maximum atomic E-state index is 5.89. The van der Waals surface area contributed by atoms with Gasteiger partial charge in [-0.15, -0.1) is 0 Å². The molecule has 3 heteroatoms. The molecule has 1 N–H and O–H groups in total. The average Bonchev–Trinajstić information content (AvgIpc) is 2.39. The number of unbranched alkanes of at least 4 members (excludes halogenated alkanes) is 1. The Hall–Kier alpha value is -0.120. The van der Waals surface area contributed by atoms with Crippen LogP contribution in [0.3, 0.4) is 0 Å². The molecule has 0 aromatic rings. The second-order valence-corrected chi connectivity index (χ2v) is 5.03. The molecule has 0 aliphatic carbocycles. The Kier molecular flexibility index (Phi) is 7.09. The van der Waals surface area contributed by atoms with Crippen LogP contribution < -0.4 is 5.32 Å². The Bertz CT molecular complexity index is 183. The van der Waals surface area contributed by atoms with Crippen molar-refractivity contribution in [2.24, 2.45) is 0 Å². The van der Waals surface area contributed by atoms with Gasteiger partial charge in [0.05, 0.1) is 5.60 Å². The number of rotatable bonds is 8.